The molecular formula is ClNO6. The van der Waals surface area contributed by atoms with Crippen LogP contribution in [-0.2, 0) is 0 Å². The molecule has 0 spiro atoms. The van der Waals surface area contributed by atoms with E-state index in [0.29, 0.717) is 0 Å². The minimum absolute atomic E-state index is 1.00. The van der Waals surface area contributed by atoms with Crippen molar-refractivity contribution in [1.29, 1.82) is 0 Å². The second-order valence-electron chi connectivity index (χ2n) is 0.453. The molecule has 0 saturated carbocycles. The summed E-state index contributed by atoms with van der Waals surface area (Å²) in [4.78, 5) is 16.0. The Bertz CT molecular complexity index is 69.0. The molecule has 0 aliphatic rings. The molecule has 0 atom stereocenters. The van der Waals surface area contributed by atoms with Gasteiger partial charge in [0.15, 0.2) is 0 Å². The van der Waals surface area contributed by atoms with Gasteiger partial charge in [0.1, 0.15) is 0 Å². The van der Waals surface area contributed by atoms with Crippen LogP contribution in [0.1, 0.15) is 0 Å². The first-order chi connectivity index (χ1) is 3.41. The quantitative estimate of drug-likeness (QED) is 0.312. The normalized spacial score (nSPS) is 8.50. The minimum atomic E-state index is -4.94. The van der Waals surface area contributed by atoms with Gasteiger partial charge in [0.05, 0.1) is 0 Å². The van der Waals surface area contributed by atoms with Crippen LogP contribution in [-0.4, -0.2) is 0 Å². The molecule has 0 aliphatic heterocycles. The molecule has 0 N–H and O–H groups in total. The maximum absolute atomic E-state index is 8.49. The van der Waals surface area contributed by atoms with Crippen molar-refractivity contribution in [3.8, 4) is 0 Å². The van der Waals surface area contributed by atoms with Gasteiger partial charge in [-0.1, -0.05) is 0 Å². The Labute approximate surface area is 44.9 Å². The van der Waals surface area contributed by atoms with Crippen molar-refractivity contribution in [2.45, 2.75) is 0 Å². The van der Waals surface area contributed by atoms with E-state index < -0.39 is 10.2 Å². The van der Waals surface area contributed by atoms with Crippen LogP contribution in [0.4, 0.5) is 0 Å². The predicted molar refractivity (Wildman–Crippen MR) is 8.87 cm³/mol. The molecule has 0 amide bonds. The monoisotopic (exact) mass is 145 g/mol. The lowest BCUT2D eigenvalue weighted by molar-refractivity contribution is -2.00. The highest BCUT2D eigenvalue weighted by atomic mass is 35.7. The van der Waals surface area contributed by atoms with Gasteiger partial charge in [0, 0.05) is 0 Å². The fraction of sp³-hybridized carbons (Fsp3) is 0. The van der Waals surface area contributed by atoms with Crippen LogP contribution in [0, 0.1) is 20.1 Å². The summed E-state index contributed by atoms with van der Waals surface area (Å²) in [5.41, 5.74) is 0. The summed E-state index contributed by atoms with van der Waals surface area (Å²) in [5, 5.41) is 1.00. The van der Waals surface area contributed by atoms with E-state index >= 15 is 0 Å². The van der Waals surface area contributed by atoms with E-state index in [2.05, 4.69) is 0 Å². The Morgan fingerprint density at radius 3 is 1.00 bits per heavy atom. The molecule has 0 saturated heterocycles. The molecule has 0 radical (unpaired) electrons. The predicted octanol–water partition coefficient (Wildman–Crippen LogP) is -5.17. The fourth-order valence-corrected chi connectivity index (χ4v) is 0. The molecule has 0 aromatic heterocycles. The van der Waals surface area contributed by atoms with Crippen molar-refractivity contribution in [3.63, 3.8) is 0 Å². The van der Waals surface area contributed by atoms with Gasteiger partial charge in [0.2, 0.25) is 9.81 Å². The molecule has 48 valence electrons. The Balaban J connectivity index is 0. The van der Waals surface area contributed by atoms with Crippen LogP contribution in [0.3, 0.4) is 0 Å². The highest BCUT2D eigenvalue weighted by molar-refractivity contribution is 3.93. The van der Waals surface area contributed by atoms with E-state index in [1.54, 1.807) is 0 Å². The molecule has 0 unspecified atom stereocenters. The third-order valence-electron chi connectivity index (χ3n) is 0. The first kappa shape index (κ1) is 10.4. The lowest BCUT2D eigenvalue weighted by Crippen LogP contribution is -2.68. The van der Waals surface area contributed by atoms with Crippen LogP contribution in [0.5, 0.6) is 0 Å². The van der Waals surface area contributed by atoms with Gasteiger partial charge in [-0.25, -0.2) is 18.6 Å². The SMILES string of the molecule is O=[N+]=O.[O-][Cl+3]([O-])([O-])[O-]. The summed E-state index contributed by atoms with van der Waals surface area (Å²) < 4.78 is 34.0. The molecular weight excluding hydrogens is 145 g/mol. The first-order valence-corrected chi connectivity index (χ1v) is 2.22. The van der Waals surface area contributed by atoms with E-state index in [9.17, 15) is 0 Å². The summed E-state index contributed by atoms with van der Waals surface area (Å²) in [6, 6.07) is 0. The van der Waals surface area contributed by atoms with Gasteiger partial charge >= 0.3 is 5.04 Å². The molecule has 8 heteroatoms. The topological polar surface area (TPSA) is 140 Å². The van der Waals surface area contributed by atoms with Gasteiger partial charge in [-0.2, -0.15) is 0 Å². The van der Waals surface area contributed by atoms with Gasteiger partial charge < -0.3 is 0 Å². The summed E-state index contributed by atoms with van der Waals surface area (Å²) in [6.07, 6.45) is 0. The van der Waals surface area contributed by atoms with E-state index in [4.69, 9.17) is 28.5 Å². The van der Waals surface area contributed by atoms with Crippen molar-refractivity contribution in [1.82, 2.24) is 5.04 Å². The largest absolute Gasteiger partial charge is 0.569 e. The third-order valence-corrected chi connectivity index (χ3v) is 0. The zero-order chi connectivity index (χ0) is 7.21. The third kappa shape index (κ3) is 342. The maximum Gasteiger partial charge on any atom is 0.569 e. The van der Waals surface area contributed by atoms with Crippen LogP contribution < -0.4 is 23.7 Å². The van der Waals surface area contributed by atoms with Crippen LogP contribution in [0.2, 0.25) is 0 Å². The molecule has 0 aromatic rings. The van der Waals surface area contributed by atoms with Crippen molar-refractivity contribution in [2.24, 2.45) is 0 Å². The summed E-state index contributed by atoms with van der Waals surface area (Å²) >= 11 is 0. The molecule has 0 aliphatic carbocycles. The number of halogens is 1. The van der Waals surface area contributed by atoms with Gasteiger partial charge in [-0.05, 0) is 0 Å². The Kier molecular flexibility index (Phi) is 5.99. The lowest BCUT2D eigenvalue weighted by atomic mass is 13.6. The standard InChI is InChI=1S/ClHO4.NO2/c2-1(3,4)5;2-1-3/h(H,2,3,4,5);/q;+1/p-1. The highest BCUT2D eigenvalue weighted by Gasteiger charge is 1.84. The first-order valence-electron chi connectivity index (χ1n) is 0.982. The number of rotatable bonds is 0. The van der Waals surface area contributed by atoms with Crippen molar-refractivity contribution in [3.05, 3.63) is 9.81 Å². The van der Waals surface area contributed by atoms with Crippen molar-refractivity contribution >= 4 is 0 Å². The Morgan fingerprint density at radius 1 is 1.00 bits per heavy atom. The van der Waals surface area contributed by atoms with E-state index in [1.165, 1.54) is 0 Å². The molecule has 0 bridgehead atoms. The van der Waals surface area contributed by atoms with Crippen molar-refractivity contribution < 1.29 is 28.9 Å². The summed E-state index contributed by atoms with van der Waals surface area (Å²) in [6.45, 7) is 0. The second-order valence-corrected chi connectivity index (χ2v) is 1.21. The molecule has 0 fully saturated rings. The molecule has 0 rings (SSSR count). The Morgan fingerprint density at radius 2 is 1.00 bits per heavy atom. The molecule has 0 heterocycles. The molecule has 7 nitrogen and oxygen atoms in total. The average Bonchev–Trinajstić information content (AvgIpc) is 1.27. The summed E-state index contributed by atoms with van der Waals surface area (Å²) in [5.74, 6) is 0. The second kappa shape index (κ2) is 4.60. The number of nitrogens with zero attached hydrogens (tertiary/aromatic N) is 1. The maximum atomic E-state index is 8.49. The smallest absolute Gasteiger partial charge is 0.222 e. The lowest BCUT2D eigenvalue weighted by Gasteiger charge is -2.17. The van der Waals surface area contributed by atoms with Crippen LogP contribution in [0.25, 0.3) is 0 Å². The zero-order valence-electron chi connectivity index (χ0n) is 3.27. The van der Waals surface area contributed by atoms with E-state index in [0.717, 1.165) is 5.04 Å². The molecule has 0 aromatic carbocycles. The van der Waals surface area contributed by atoms with Gasteiger partial charge in [-0.3, -0.25) is 0 Å². The Hall–Kier alpha value is -0.560. The van der Waals surface area contributed by atoms with E-state index in [-0.39, 0.29) is 0 Å². The van der Waals surface area contributed by atoms with Crippen LogP contribution >= 0.6 is 0 Å². The minimum Gasteiger partial charge on any atom is -0.222 e. The number of hydrogen-bond donors (Lipinski definition) is 0. The van der Waals surface area contributed by atoms with Crippen LogP contribution in [0.15, 0.2) is 0 Å². The summed E-state index contributed by atoms with van der Waals surface area (Å²) in [7, 11) is -4.94. The average molecular weight is 145 g/mol. The number of hydrogen-bond acceptors (Lipinski definition) is 6. The zero-order valence-corrected chi connectivity index (χ0v) is 4.03. The molecule has 8 heavy (non-hydrogen) atoms. The van der Waals surface area contributed by atoms with E-state index in [1.807, 2.05) is 0 Å². The van der Waals surface area contributed by atoms with Gasteiger partial charge in [0.25, 0.3) is 0 Å². The number of nitroso groups, excluding NO2 is 2. The fourth-order valence-electron chi connectivity index (χ4n) is 0. The van der Waals surface area contributed by atoms with Crippen molar-refractivity contribution in [2.75, 3.05) is 0 Å². The van der Waals surface area contributed by atoms with Gasteiger partial charge in [-0.15, -0.1) is 10.2 Å². The highest BCUT2D eigenvalue weighted by Crippen LogP contribution is 1.49.